The third kappa shape index (κ3) is 5.57. The topological polar surface area (TPSA) is 43.8 Å². The maximum atomic E-state index is 5.85. The Morgan fingerprint density at radius 3 is 2.84 bits per heavy atom. The minimum Gasteiger partial charge on any atom is -0.493 e. The molecule has 7 heteroatoms. The van der Waals surface area contributed by atoms with Crippen molar-refractivity contribution >= 4 is 22.9 Å². The first-order chi connectivity index (χ1) is 12.2. The number of methoxy groups -OCH3 is 1. The van der Waals surface area contributed by atoms with Crippen LogP contribution < -0.4 is 9.47 Å². The Morgan fingerprint density at radius 2 is 2.12 bits per heavy atom. The first-order valence-corrected chi connectivity index (χ1v) is 9.64. The molecule has 0 saturated carbocycles. The summed E-state index contributed by atoms with van der Waals surface area (Å²) in [5.74, 6) is 1.50. The number of nitrogens with zero attached hydrogens (tertiary/aromatic N) is 2. The van der Waals surface area contributed by atoms with Crippen molar-refractivity contribution in [2.45, 2.75) is 19.4 Å². The molecule has 0 amide bonds. The molecule has 0 aliphatic carbocycles. The second-order valence-electron chi connectivity index (χ2n) is 5.91. The molecule has 25 heavy (non-hydrogen) atoms. The predicted octanol–water partition coefficient (Wildman–Crippen LogP) is 3.65. The zero-order valence-corrected chi connectivity index (χ0v) is 15.9. The lowest BCUT2D eigenvalue weighted by Crippen LogP contribution is -2.36. The van der Waals surface area contributed by atoms with E-state index in [9.17, 15) is 0 Å². The van der Waals surface area contributed by atoms with Gasteiger partial charge in [-0.3, -0.25) is 4.90 Å². The number of aromatic nitrogens is 1. The first-order valence-electron chi connectivity index (χ1n) is 8.44. The second kappa shape index (κ2) is 9.38. The number of hydrogen-bond donors (Lipinski definition) is 0. The Morgan fingerprint density at radius 1 is 1.28 bits per heavy atom. The van der Waals surface area contributed by atoms with Crippen molar-refractivity contribution in [3.63, 3.8) is 0 Å². The van der Waals surface area contributed by atoms with E-state index in [1.807, 2.05) is 6.07 Å². The third-order valence-corrected chi connectivity index (χ3v) is 5.26. The Labute approximate surface area is 157 Å². The van der Waals surface area contributed by atoms with Gasteiger partial charge in [-0.25, -0.2) is 4.98 Å². The quantitative estimate of drug-likeness (QED) is 0.697. The summed E-state index contributed by atoms with van der Waals surface area (Å²) in [7, 11) is 1.67. The zero-order valence-electron chi connectivity index (χ0n) is 14.4. The molecule has 1 fully saturated rings. The number of ether oxygens (including phenoxy) is 3. The van der Waals surface area contributed by atoms with Crippen LogP contribution in [-0.2, 0) is 17.8 Å². The van der Waals surface area contributed by atoms with Gasteiger partial charge in [-0.2, -0.15) is 0 Å². The van der Waals surface area contributed by atoms with Crippen molar-refractivity contribution in [2.75, 3.05) is 40.0 Å². The number of aryl methyl sites for hydroxylation is 1. The molecule has 5 nitrogen and oxygen atoms in total. The third-order valence-electron chi connectivity index (χ3n) is 4.17. The molecule has 1 aliphatic heterocycles. The van der Waals surface area contributed by atoms with Crippen LogP contribution in [0, 0.1) is 0 Å². The molecule has 0 radical (unpaired) electrons. The summed E-state index contributed by atoms with van der Waals surface area (Å²) in [6, 6.07) is 6.15. The summed E-state index contributed by atoms with van der Waals surface area (Å²) in [6.45, 7) is 5.33. The highest BCUT2D eigenvalue weighted by atomic mass is 35.5. The van der Waals surface area contributed by atoms with Gasteiger partial charge in [0.15, 0.2) is 16.0 Å². The molecule has 0 N–H and O–H groups in total. The number of morpholine rings is 1. The van der Waals surface area contributed by atoms with Crippen LogP contribution in [-0.4, -0.2) is 49.8 Å². The fourth-order valence-electron chi connectivity index (χ4n) is 2.82. The van der Waals surface area contributed by atoms with Crippen molar-refractivity contribution in [1.29, 1.82) is 0 Å². The van der Waals surface area contributed by atoms with Gasteiger partial charge in [-0.1, -0.05) is 17.7 Å². The molecule has 136 valence electrons. The monoisotopic (exact) mass is 382 g/mol. The van der Waals surface area contributed by atoms with Crippen LogP contribution in [0.5, 0.6) is 11.5 Å². The number of thiazole rings is 1. The van der Waals surface area contributed by atoms with Crippen molar-refractivity contribution in [2.24, 2.45) is 0 Å². The predicted molar refractivity (Wildman–Crippen MR) is 100 cm³/mol. The molecule has 3 rings (SSSR count). The van der Waals surface area contributed by atoms with E-state index in [1.165, 1.54) is 16.9 Å². The van der Waals surface area contributed by atoms with Gasteiger partial charge in [0.2, 0.25) is 0 Å². The molecule has 0 bridgehead atoms. The van der Waals surface area contributed by atoms with Crippen molar-refractivity contribution in [3.8, 4) is 11.5 Å². The summed E-state index contributed by atoms with van der Waals surface area (Å²) in [5, 5.41) is 0. The molecule has 0 atom stereocenters. The van der Waals surface area contributed by atoms with Crippen molar-refractivity contribution in [3.05, 3.63) is 39.3 Å². The van der Waals surface area contributed by atoms with E-state index >= 15 is 0 Å². The molecule has 2 heterocycles. The lowest BCUT2D eigenvalue weighted by Gasteiger charge is -2.26. The number of benzene rings is 1. The fraction of sp³-hybridized carbons (Fsp3) is 0.500. The summed E-state index contributed by atoms with van der Waals surface area (Å²) < 4.78 is 17.2. The zero-order chi connectivity index (χ0) is 17.5. The highest BCUT2D eigenvalue weighted by Gasteiger charge is 2.11. The minimum atomic E-state index is 0.442. The van der Waals surface area contributed by atoms with Crippen LogP contribution in [0.1, 0.15) is 16.9 Å². The molecule has 1 saturated heterocycles. The van der Waals surface area contributed by atoms with E-state index < -0.39 is 0 Å². The van der Waals surface area contributed by atoms with Crippen LogP contribution in [0.4, 0.5) is 0 Å². The lowest BCUT2D eigenvalue weighted by molar-refractivity contribution is 0.0374. The SMILES string of the molecule is COc1cc(CCCN2CCOCC2)ccc1OCc1cnc(Cl)s1. The van der Waals surface area contributed by atoms with Crippen LogP contribution >= 0.6 is 22.9 Å². The Hall–Kier alpha value is -1.34. The standard InChI is InChI=1S/C18H23ClN2O3S/c1-22-17-11-14(3-2-6-21-7-9-23-10-8-21)4-5-16(17)24-13-15-12-20-18(19)25-15/h4-5,11-12H,2-3,6-10,13H2,1H3. The van der Waals surface area contributed by atoms with E-state index in [2.05, 4.69) is 22.0 Å². The Bertz CT molecular complexity index is 674. The normalized spacial score (nSPS) is 15.3. The highest BCUT2D eigenvalue weighted by Crippen LogP contribution is 2.30. The van der Waals surface area contributed by atoms with E-state index in [4.69, 9.17) is 25.8 Å². The molecule has 1 aromatic heterocycles. The molecule has 1 aliphatic rings. The largest absolute Gasteiger partial charge is 0.493 e. The summed E-state index contributed by atoms with van der Waals surface area (Å²) in [4.78, 5) is 7.46. The maximum Gasteiger partial charge on any atom is 0.183 e. The van der Waals surface area contributed by atoms with Gasteiger partial charge >= 0.3 is 0 Å². The summed E-state index contributed by atoms with van der Waals surface area (Å²) in [5.41, 5.74) is 1.26. The first kappa shape index (κ1) is 18.5. The van der Waals surface area contributed by atoms with Crippen LogP contribution in [0.25, 0.3) is 0 Å². The average molecular weight is 383 g/mol. The maximum absolute atomic E-state index is 5.85. The molecule has 1 aromatic carbocycles. The van der Waals surface area contributed by atoms with Gasteiger partial charge in [-0.15, -0.1) is 11.3 Å². The van der Waals surface area contributed by atoms with E-state index in [0.29, 0.717) is 11.1 Å². The molecule has 2 aromatic rings. The number of hydrogen-bond acceptors (Lipinski definition) is 6. The van der Waals surface area contributed by atoms with Gasteiger partial charge in [0.25, 0.3) is 0 Å². The molecule has 0 unspecified atom stereocenters. The fourth-order valence-corrected chi connectivity index (χ4v) is 3.71. The van der Waals surface area contributed by atoms with E-state index in [-0.39, 0.29) is 0 Å². The van der Waals surface area contributed by atoms with Gasteiger partial charge in [0.1, 0.15) is 6.61 Å². The van der Waals surface area contributed by atoms with E-state index in [1.54, 1.807) is 13.3 Å². The molecular formula is C18H23ClN2O3S. The highest BCUT2D eigenvalue weighted by molar-refractivity contribution is 7.15. The Balaban J connectivity index is 1.51. The minimum absolute atomic E-state index is 0.442. The van der Waals surface area contributed by atoms with Crippen molar-refractivity contribution < 1.29 is 14.2 Å². The van der Waals surface area contributed by atoms with Crippen molar-refractivity contribution in [1.82, 2.24) is 9.88 Å². The molecular weight excluding hydrogens is 360 g/mol. The van der Waals surface area contributed by atoms with E-state index in [0.717, 1.165) is 62.1 Å². The second-order valence-corrected chi connectivity index (χ2v) is 7.61. The van der Waals surface area contributed by atoms with Crippen LogP contribution in [0.3, 0.4) is 0 Å². The summed E-state index contributed by atoms with van der Waals surface area (Å²) in [6.07, 6.45) is 3.89. The van der Waals surface area contributed by atoms with Gasteiger partial charge in [0.05, 0.1) is 25.2 Å². The van der Waals surface area contributed by atoms with Gasteiger partial charge in [-0.05, 0) is 37.1 Å². The molecule has 0 spiro atoms. The lowest BCUT2D eigenvalue weighted by atomic mass is 10.1. The summed E-state index contributed by atoms with van der Waals surface area (Å²) >= 11 is 7.27. The smallest absolute Gasteiger partial charge is 0.183 e. The van der Waals surface area contributed by atoms with Crippen LogP contribution in [0.15, 0.2) is 24.4 Å². The Kier molecular flexibility index (Phi) is 6.93. The van der Waals surface area contributed by atoms with Gasteiger partial charge in [0, 0.05) is 19.3 Å². The number of halogens is 1. The average Bonchev–Trinajstić information content (AvgIpc) is 3.06. The van der Waals surface area contributed by atoms with Gasteiger partial charge < -0.3 is 14.2 Å². The van der Waals surface area contributed by atoms with Crippen LogP contribution in [0.2, 0.25) is 4.47 Å². The number of rotatable bonds is 8.